The van der Waals surface area contributed by atoms with Crippen molar-refractivity contribution in [1.82, 2.24) is 5.09 Å². The first-order valence-electron chi connectivity index (χ1n) is 15.1. The fraction of sp³-hybridized carbons (Fsp3) is 0.189. The quantitative estimate of drug-likeness (QED) is 0.185. The molecule has 45 heavy (non-hydrogen) atoms. The van der Waals surface area contributed by atoms with E-state index in [2.05, 4.69) is 61.4 Å². The average Bonchev–Trinajstić information content (AvgIpc) is 3.07. The van der Waals surface area contributed by atoms with Gasteiger partial charge in [0.2, 0.25) is 0 Å². The summed E-state index contributed by atoms with van der Waals surface area (Å²) in [5.74, 6) is 1.26. The van der Waals surface area contributed by atoms with Crippen LogP contribution in [0.3, 0.4) is 0 Å². The van der Waals surface area contributed by atoms with Crippen LogP contribution in [0.2, 0.25) is 0 Å². The number of benzene rings is 5. The highest BCUT2D eigenvalue weighted by atomic mass is 32.4. The van der Waals surface area contributed by atoms with Crippen LogP contribution in [-0.4, -0.2) is 13.2 Å². The van der Waals surface area contributed by atoms with Gasteiger partial charge in [0, 0.05) is 39.6 Å². The van der Waals surface area contributed by atoms with Crippen LogP contribution < -0.4 is 20.4 Å². The molecule has 2 aliphatic rings. The summed E-state index contributed by atoms with van der Waals surface area (Å²) in [5.41, 5.74) is 1.53. The fourth-order valence-electron chi connectivity index (χ4n) is 5.99. The first-order chi connectivity index (χ1) is 21.8. The molecule has 7 rings (SSSR count). The van der Waals surface area contributed by atoms with Gasteiger partial charge in [0.1, 0.15) is 16.8 Å². The minimum Gasteiger partial charge on any atom is -0.460 e. The molecule has 5 aromatic rings. The normalized spacial score (nSPS) is 20.2. The third kappa shape index (κ3) is 5.88. The van der Waals surface area contributed by atoms with Crippen LogP contribution in [0.5, 0.6) is 5.75 Å². The van der Waals surface area contributed by atoms with Crippen molar-refractivity contribution < 1.29 is 18.3 Å². The highest BCUT2D eigenvalue weighted by Gasteiger charge is 2.44. The van der Waals surface area contributed by atoms with Crippen molar-refractivity contribution in [2.45, 2.75) is 26.3 Å². The zero-order valence-corrected chi connectivity index (χ0v) is 27.9. The zero-order chi connectivity index (χ0) is 31.1. The molecule has 1 N–H and O–H groups in total. The topological polar surface area (TPSA) is 56.8 Å². The van der Waals surface area contributed by atoms with Crippen molar-refractivity contribution in [3.63, 3.8) is 0 Å². The summed E-state index contributed by atoms with van der Waals surface area (Å²) in [6.45, 7) is 4.73. The van der Waals surface area contributed by atoms with Crippen LogP contribution in [0.25, 0.3) is 16.1 Å². The Hall–Kier alpha value is -3.34. The second kappa shape index (κ2) is 12.1. The zero-order valence-electron chi connectivity index (χ0n) is 25.3. The maximum atomic E-state index is 14.9. The van der Waals surface area contributed by atoms with E-state index >= 15 is 0 Å². The summed E-state index contributed by atoms with van der Waals surface area (Å²) in [7, 11) is -3.79. The molecule has 228 valence electrons. The summed E-state index contributed by atoms with van der Waals surface area (Å²) in [5, 5.41) is 8.58. The molecule has 0 aliphatic carbocycles. The molecule has 1 unspecified atom stereocenters. The molecule has 1 fully saturated rings. The Morgan fingerprint density at radius 2 is 1.36 bits per heavy atom. The Balaban J connectivity index is 1.42. The summed E-state index contributed by atoms with van der Waals surface area (Å²) < 4.78 is 34.1. The van der Waals surface area contributed by atoms with E-state index in [1.807, 2.05) is 84.9 Å². The van der Waals surface area contributed by atoms with E-state index in [9.17, 15) is 4.57 Å². The molecule has 0 amide bonds. The van der Waals surface area contributed by atoms with E-state index in [0.29, 0.717) is 36.5 Å². The largest absolute Gasteiger partial charge is 0.460 e. The van der Waals surface area contributed by atoms with Crippen molar-refractivity contribution in [3.05, 3.63) is 144 Å². The van der Waals surface area contributed by atoms with Gasteiger partial charge in [0.15, 0.2) is 0 Å². The molecule has 2 heterocycles. The SMILES string of the molecule is CC1(C)COP(=O)(/C(=C2\CC(NP(=S)(c3ccccc3)c3ccccc3)c3ccccc3O2)c2cccc3ccccc23)OC1. The van der Waals surface area contributed by atoms with Gasteiger partial charge < -0.3 is 13.8 Å². The van der Waals surface area contributed by atoms with Gasteiger partial charge in [-0.2, -0.15) is 0 Å². The standard InChI is InChI=1S/C37H35NO4P2S/c1-37(2)25-40-44(39,41-26-37)36(31-22-13-15-27-14-9-10-20-30(27)31)35-24-33(32-21-11-12-23-34(32)42-35)38-43(45,28-16-5-3-6-17-28)29-18-7-4-8-19-29/h3-23,33H,24-26H2,1-2H3,(H,38,45)/b36-35+. The Bertz CT molecular complexity index is 1930. The third-order valence-electron chi connectivity index (χ3n) is 8.33. The van der Waals surface area contributed by atoms with Crippen LogP contribution in [0.1, 0.15) is 37.4 Å². The van der Waals surface area contributed by atoms with E-state index in [4.69, 9.17) is 25.6 Å². The molecule has 0 bridgehead atoms. The maximum absolute atomic E-state index is 14.9. The van der Waals surface area contributed by atoms with Crippen LogP contribution in [0.15, 0.2) is 133 Å². The van der Waals surface area contributed by atoms with Crippen LogP contribution >= 0.6 is 13.8 Å². The molecule has 1 atom stereocenters. The monoisotopic (exact) mass is 651 g/mol. The predicted octanol–water partition coefficient (Wildman–Crippen LogP) is 8.93. The Morgan fingerprint density at radius 3 is 2.04 bits per heavy atom. The lowest BCUT2D eigenvalue weighted by Crippen LogP contribution is -2.33. The Kier molecular flexibility index (Phi) is 8.16. The molecule has 5 aromatic carbocycles. The Morgan fingerprint density at radius 1 is 0.778 bits per heavy atom. The fourth-order valence-corrected chi connectivity index (χ4v) is 11.9. The molecule has 2 aliphatic heterocycles. The summed E-state index contributed by atoms with van der Waals surface area (Å²) in [6, 6.07) is 42.5. The molecular weight excluding hydrogens is 616 g/mol. The molecule has 5 nitrogen and oxygen atoms in total. The number of rotatable bonds is 6. The predicted molar refractivity (Wildman–Crippen MR) is 188 cm³/mol. The van der Waals surface area contributed by atoms with E-state index in [1.54, 1.807) is 0 Å². The average molecular weight is 652 g/mol. The lowest BCUT2D eigenvalue weighted by atomic mass is 9.97. The lowest BCUT2D eigenvalue weighted by Gasteiger charge is -2.38. The third-order valence-corrected chi connectivity index (χ3v) is 14.6. The number of hydrogen-bond acceptors (Lipinski definition) is 5. The molecular formula is C37H35NO4P2S. The first kappa shape index (κ1) is 30.3. The first-order valence-corrected chi connectivity index (χ1v) is 19.5. The maximum Gasteiger partial charge on any atom is 0.365 e. The Labute approximate surface area is 269 Å². The van der Waals surface area contributed by atoms with Crippen molar-refractivity contribution in [1.29, 1.82) is 0 Å². The number of hydrogen-bond donors (Lipinski definition) is 1. The van der Waals surface area contributed by atoms with Crippen molar-refractivity contribution in [2.75, 3.05) is 13.2 Å². The highest BCUT2D eigenvalue weighted by Crippen LogP contribution is 2.66. The van der Waals surface area contributed by atoms with E-state index in [1.165, 1.54) is 0 Å². The molecule has 0 radical (unpaired) electrons. The highest BCUT2D eigenvalue weighted by molar-refractivity contribution is 8.20. The number of fused-ring (bicyclic) bond motifs is 2. The van der Waals surface area contributed by atoms with Gasteiger partial charge >= 0.3 is 7.60 Å². The summed E-state index contributed by atoms with van der Waals surface area (Å²) in [4.78, 5) is 0. The molecule has 8 heteroatoms. The van der Waals surface area contributed by atoms with Crippen LogP contribution in [-0.2, 0) is 25.4 Å². The van der Waals surface area contributed by atoms with Gasteiger partial charge in [0.25, 0.3) is 0 Å². The number of nitrogens with one attached hydrogen (secondary N) is 1. The summed E-state index contributed by atoms with van der Waals surface area (Å²) >= 11 is 6.62. The van der Waals surface area contributed by atoms with Gasteiger partial charge in [-0.25, -0.2) is 0 Å². The number of ether oxygens (including phenoxy) is 1. The molecule has 0 aromatic heterocycles. The van der Waals surface area contributed by atoms with Gasteiger partial charge in [-0.15, -0.1) is 0 Å². The number of para-hydroxylation sites is 1. The minimum atomic E-state index is -3.79. The van der Waals surface area contributed by atoms with Gasteiger partial charge in [0.05, 0.1) is 19.4 Å². The second-order valence-corrected chi connectivity index (χ2v) is 18.4. The van der Waals surface area contributed by atoms with Crippen molar-refractivity contribution in [3.8, 4) is 5.75 Å². The smallest absolute Gasteiger partial charge is 0.365 e. The van der Waals surface area contributed by atoms with Gasteiger partial charge in [-0.05, 0) is 16.8 Å². The lowest BCUT2D eigenvalue weighted by molar-refractivity contribution is 0.0465. The van der Waals surface area contributed by atoms with Crippen molar-refractivity contribution in [2.24, 2.45) is 5.41 Å². The van der Waals surface area contributed by atoms with E-state index in [-0.39, 0.29) is 11.5 Å². The molecule has 1 saturated heterocycles. The van der Waals surface area contributed by atoms with E-state index in [0.717, 1.165) is 32.5 Å². The summed E-state index contributed by atoms with van der Waals surface area (Å²) in [6.07, 6.45) is -2.10. The van der Waals surface area contributed by atoms with Gasteiger partial charge in [-0.3, -0.25) is 9.65 Å². The molecule has 0 saturated carbocycles. The second-order valence-electron chi connectivity index (χ2n) is 12.3. The van der Waals surface area contributed by atoms with Crippen LogP contribution in [0.4, 0.5) is 0 Å². The molecule has 0 spiro atoms. The van der Waals surface area contributed by atoms with Crippen molar-refractivity contribution >= 4 is 52.3 Å². The minimum absolute atomic E-state index is 0.228. The van der Waals surface area contributed by atoms with Gasteiger partial charge in [-0.1, -0.05) is 147 Å². The van der Waals surface area contributed by atoms with E-state index < -0.39 is 13.8 Å². The van der Waals surface area contributed by atoms with Crippen LogP contribution in [0, 0.1) is 5.41 Å².